The molecule has 3 aromatic heterocycles. The Morgan fingerprint density at radius 3 is 2.69 bits per heavy atom. The average molecular weight is 516 g/mol. The van der Waals surface area contributed by atoms with Crippen molar-refractivity contribution >= 4 is 51.1 Å². The summed E-state index contributed by atoms with van der Waals surface area (Å²) in [5.74, 6) is 0.687. The van der Waals surface area contributed by atoms with Crippen molar-refractivity contribution in [1.82, 2.24) is 24.7 Å². The zero-order valence-electron chi connectivity index (χ0n) is 19.4. The third-order valence-electron chi connectivity index (χ3n) is 7.88. The van der Waals surface area contributed by atoms with Crippen molar-refractivity contribution in [2.75, 3.05) is 18.0 Å². The molecule has 0 bridgehead atoms. The van der Waals surface area contributed by atoms with Crippen molar-refractivity contribution in [1.29, 1.82) is 0 Å². The van der Waals surface area contributed by atoms with Crippen molar-refractivity contribution in [3.8, 4) is 5.69 Å². The van der Waals surface area contributed by atoms with E-state index in [1.807, 2.05) is 24.5 Å². The minimum atomic E-state index is 0.0848. The standard InChI is InChI=1S/C27H23Cl2N7/c28-20-12-21-19(6-3-9-31-21)22(29)23(20)36-15-17-14-32-26(33-25(17)34-36)35-10-7-27(8-11-35)13-16-4-1-2-5-18(16)24(27)30/h1-6,9,12,14-15,24H,7-8,10-11,13,30H2/t24-/m1/s1. The fraction of sp³-hybridized carbons (Fsp3) is 0.259. The number of hydrogen-bond donors (Lipinski definition) is 1. The number of piperidine rings is 1. The molecule has 0 unspecified atom stereocenters. The van der Waals surface area contributed by atoms with Gasteiger partial charge in [-0.25, -0.2) is 9.67 Å². The number of pyridine rings is 1. The fourth-order valence-corrected chi connectivity index (χ4v) is 6.56. The van der Waals surface area contributed by atoms with Crippen LogP contribution in [0.15, 0.2) is 61.1 Å². The third-order valence-corrected chi connectivity index (χ3v) is 8.55. The van der Waals surface area contributed by atoms with Gasteiger partial charge in [-0.05, 0) is 54.0 Å². The first-order valence-corrected chi connectivity index (χ1v) is 12.8. The summed E-state index contributed by atoms with van der Waals surface area (Å²) in [5, 5.41) is 7.32. The summed E-state index contributed by atoms with van der Waals surface area (Å²) >= 11 is 13.3. The molecule has 1 spiro atoms. The van der Waals surface area contributed by atoms with Gasteiger partial charge in [-0.15, -0.1) is 5.10 Å². The molecule has 9 heteroatoms. The second-order valence-electron chi connectivity index (χ2n) is 9.82. The number of nitrogens with zero attached hydrogens (tertiary/aromatic N) is 6. The van der Waals surface area contributed by atoms with E-state index in [2.05, 4.69) is 39.1 Å². The highest BCUT2D eigenvalue weighted by molar-refractivity contribution is 6.41. The molecule has 7 nitrogen and oxygen atoms in total. The second kappa shape index (κ2) is 8.13. The van der Waals surface area contributed by atoms with Crippen molar-refractivity contribution in [3.63, 3.8) is 0 Å². The Kier molecular flexibility index (Phi) is 4.96. The van der Waals surface area contributed by atoms with Gasteiger partial charge in [0.25, 0.3) is 0 Å². The lowest BCUT2D eigenvalue weighted by Crippen LogP contribution is -2.44. The van der Waals surface area contributed by atoms with Crippen LogP contribution in [0.25, 0.3) is 27.6 Å². The van der Waals surface area contributed by atoms with Crippen LogP contribution in [-0.4, -0.2) is 37.8 Å². The first-order chi connectivity index (χ1) is 17.5. The van der Waals surface area contributed by atoms with Crippen LogP contribution in [0.2, 0.25) is 10.0 Å². The van der Waals surface area contributed by atoms with Gasteiger partial charge in [0.2, 0.25) is 5.95 Å². The van der Waals surface area contributed by atoms with E-state index in [1.165, 1.54) is 11.1 Å². The fourth-order valence-electron chi connectivity index (χ4n) is 5.88. The quantitative estimate of drug-likeness (QED) is 0.333. The average Bonchev–Trinajstić information content (AvgIpc) is 3.43. The maximum Gasteiger partial charge on any atom is 0.227 e. The highest BCUT2D eigenvalue weighted by Crippen LogP contribution is 2.50. The molecule has 4 heterocycles. The SMILES string of the molecule is N[C@@H]1c2ccccc2CC12CCN(c1ncc3cn(-c4c(Cl)cc5ncccc5c4Cl)nc3n1)CC2. The molecule has 2 N–H and O–H groups in total. The van der Waals surface area contributed by atoms with Crippen LogP contribution in [0.5, 0.6) is 0 Å². The van der Waals surface area contributed by atoms with Crippen LogP contribution in [-0.2, 0) is 6.42 Å². The molecule has 0 radical (unpaired) electrons. The van der Waals surface area contributed by atoms with Gasteiger partial charge in [0, 0.05) is 43.1 Å². The molecule has 180 valence electrons. The molecule has 1 aliphatic carbocycles. The van der Waals surface area contributed by atoms with E-state index in [4.69, 9.17) is 39.0 Å². The predicted molar refractivity (Wildman–Crippen MR) is 143 cm³/mol. The maximum atomic E-state index is 6.74. The number of hydrogen-bond acceptors (Lipinski definition) is 6. The molecule has 1 saturated heterocycles. The molecular weight excluding hydrogens is 493 g/mol. The second-order valence-corrected chi connectivity index (χ2v) is 10.6. The van der Waals surface area contributed by atoms with Crippen molar-refractivity contribution in [3.05, 3.63) is 82.2 Å². The summed E-state index contributed by atoms with van der Waals surface area (Å²) in [5.41, 5.74) is 11.5. The lowest BCUT2D eigenvalue weighted by atomic mass is 9.73. The third kappa shape index (κ3) is 3.30. The summed E-state index contributed by atoms with van der Waals surface area (Å²) in [6.07, 6.45) is 8.45. The highest BCUT2D eigenvalue weighted by Gasteiger charge is 2.46. The van der Waals surface area contributed by atoms with Gasteiger partial charge in [0.1, 0.15) is 5.69 Å². The molecule has 5 aromatic rings. The Hall–Kier alpha value is -3.26. The van der Waals surface area contributed by atoms with E-state index in [0.29, 0.717) is 27.3 Å². The van der Waals surface area contributed by atoms with E-state index in [1.54, 1.807) is 16.9 Å². The summed E-state index contributed by atoms with van der Waals surface area (Å²) in [4.78, 5) is 16.0. The first-order valence-electron chi connectivity index (χ1n) is 12.1. The molecule has 1 aliphatic heterocycles. The van der Waals surface area contributed by atoms with E-state index < -0.39 is 0 Å². The number of aromatic nitrogens is 5. The van der Waals surface area contributed by atoms with Crippen molar-refractivity contribution in [2.24, 2.45) is 11.1 Å². The number of fused-ring (bicyclic) bond motifs is 3. The van der Waals surface area contributed by atoms with Gasteiger partial charge < -0.3 is 10.6 Å². The summed E-state index contributed by atoms with van der Waals surface area (Å²) in [6.45, 7) is 1.73. The maximum absolute atomic E-state index is 6.74. The van der Waals surface area contributed by atoms with Crippen LogP contribution in [0.3, 0.4) is 0 Å². The molecule has 1 atom stereocenters. The lowest BCUT2D eigenvalue weighted by molar-refractivity contribution is 0.187. The van der Waals surface area contributed by atoms with E-state index in [9.17, 15) is 0 Å². The molecule has 36 heavy (non-hydrogen) atoms. The minimum Gasteiger partial charge on any atom is -0.341 e. The number of rotatable bonds is 2. The molecule has 1 fully saturated rings. The van der Waals surface area contributed by atoms with Crippen LogP contribution in [0, 0.1) is 5.41 Å². The van der Waals surface area contributed by atoms with Gasteiger partial charge in [-0.3, -0.25) is 4.98 Å². The molecule has 0 saturated carbocycles. The van der Waals surface area contributed by atoms with Crippen LogP contribution in [0.1, 0.15) is 30.0 Å². The van der Waals surface area contributed by atoms with E-state index in [-0.39, 0.29) is 11.5 Å². The van der Waals surface area contributed by atoms with Gasteiger partial charge in [-0.2, -0.15) is 4.98 Å². The van der Waals surface area contributed by atoms with Crippen LogP contribution in [0.4, 0.5) is 5.95 Å². The molecule has 7 rings (SSSR count). The molecule has 2 aliphatic rings. The van der Waals surface area contributed by atoms with Gasteiger partial charge >= 0.3 is 0 Å². The zero-order valence-corrected chi connectivity index (χ0v) is 20.9. The summed E-state index contributed by atoms with van der Waals surface area (Å²) in [7, 11) is 0. The summed E-state index contributed by atoms with van der Waals surface area (Å²) < 4.78 is 1.68. The first kappa shape index (κ1) is 22.0. The lowest BCUT2D eigenvalue weighted by Gasteiger charge is -2.42. The Morgan fingerprint density at radius 2 is 1.86 bits per heavy atom. The van der Waals surface area contributed by atoms with E-state index in [0.717, 1.165) is 48.6 Å². The predicted octanol–water partition coefficient (Wildman–Crippen LogP) is 5.51. The van der Waals surface area contributed by atoms with Crippen molar-refractivity contribution in [2.45, 2.75) is 25.3 Å². The smallest absolute Gasteiger partial charge is 0.227 e. The Balaban J connectivity index is 1.17. The highest BCUT2D eigenvalue weighted by atomic mass is 35.5. The van der Waals surface area contributed by atoms with Crippen LogP contribution >= 0.6 is 23.2 Å². The Morgan fingerprint density at radius 1 is 1.03 bits per heavy atom. The topological polar surface area (TPSA) is 85.8 Å². The zero-order chi connectivity index (χ0) is 24.4. The molecule has 2 aromatic carbocycles. The van der Waals surface area contributed by atoms with Gasteiger partial charge in [0.15, 0.2) is 5.65 Å². The number of anilines is 1. The normalized spacial score (nSPS) is 18.9. The van der Waals surface area contributed by atoms with E-state index >= 15 is 0 Å². The van der Waals surface area contributed by atoms with Crippen molar-refractivity contribution < 1.29 is 0 Å². The van der Waals surface area contributed by atoms with Gasteiger partial charge in [-0.1, -0.05) is 47.5 Å². The number of halogens is 2. The number of nitrogens with two attached hydrogens (primary N) is 1. The molecular formula is C27H23Cl2N7. The largest absolute Gasteiger partial charge is 0.341 e. The Bertz CT molecular complexity index is 1640. The number of benzene rings is 2. The van der Waals surface area contributed by atoms with Gasteiger partial charge in [0.05, 0.1) is 20.9 Å². The minimum absolute atomic E-state index is 0.0848. The summed E-state index contributed by atoms with van der Waals surface area (Å²) in [6, 6.07) is 14.2. The Labute approximate surface area is 217 Å². The monoisotopic (exact) mass is 515 g/mol. The van der Waals surface area contributed by atoms with Crippen LogP contribution < -0.4 is 10.6 Å². The molecule has 0 amide bonds.